The molecule has 2 aliphatic rings. The third kappa shape index (κ3) is 4.21. The minimum atomic E-state index is -0.523. The van der Waals surface area contributed by atoms with E-state index in [1.54, 1.807) is 14.5 Å². The number of halogens is 2. The van der Waals surface area contributed by atoms with Gasteiger partial charge in [0.05, 0.1) is 29.4 Å². The molecule has 3 heterocycles. The molecule has 10 heteroatoms. The minimum absolute atomic E-state index is 0.119. The highest BCUT2D eigenvalue weighted by molar-refractivity contribution is 6.33. The fourth-order valence-electron chi connectivity index (χ4n) is 4.14. The Balaban J connectivity index is 1.24. The van der Waals surface area contributed by atoms with Gasteiger partial charge in [-0.25, -0.2) is 9.07 Å². The molecule has 1 fully saturated rings. The van der Waals surface area contributed by atoms with Crippen molar-refractivity contribution in [1.29, 1.82) is 0 Å². The number of rotatable bonds is 3. The molecule has 1 atom stereocenters. The molecule has 2 aromatic carbocycles. The summed E-state index contributed by atoms with van der Waals surface area (Å²) in [5, 5.41) is 8.50. The van der Waals surface area contributed by atoms with Gasteiger partial charge in [-0.15, -0.1) is 5.10 Å². The predicted molar refractivity (Wildman–Crippen MR) is 117 cm³/mol. The van der Waals surface area contributed by atoms with Crippen molar-refractivity contribution in [3.8, 4) is 0 Å². The summed E-state index contributed by atoms with van der Waals surface area (Å²) in [6, 6.07) is 13.6. The van der Waals surface area contributed by atoms with E-state index < -0.39 is 5.82 Å². The van der Waals surface area contributed by atoms with Crippen molar-refractivity contribution in [2.24, 2.45) is 0 Å². The Labute approximate surface area is 194 Å². The highest BCUT2D eigenvalue weighted by Crippen LogP contribution is 2.27. The molecule has 33 heavy (non-hydrogen) atoms. The highest BCUT2D eigenvalue weighted by Gasteiger charge is 2.32. The van der Waals surface area contributed by atoms with Gasteiger partial charge >= 0.3 is 0 Å². The maximum Gasteiger partial charge on any atom is 0.276 e. The van der Waals surface area contributed by atoms with Crippen molar-refractivity contribution >= 4 is 23.4 Å². The molecule has 5 rings (SSSR count). The maximum absolute atomic E-state index is 13.6. The molecule has 1 aromatic heterocycles. The second kappa shape index (κ2) is 8.92. The smallest absolute Gasteiger partial charge is 0.276 e. The van der Waals surface area contributed by atoms with Crippen LogP contribution in [0.4, 0.5) is 4.39 Å². The fourth-order valence-corrected chi connectivity index (χ4v) is 4.34. The third-order valence-electron chi connectivity index (χ3n) is 5.98. The Morgan fingerprint density at radius 2 is 1.70 bits per heavy atom. The van der Waals surface area contributed by atoms with E-state index in [1.807, 2.05) is 30.3 Å². The average Bonchev–Trinajstić information content (AvgIpc) is 3.28. The summed E-state index contributed by atoms with van der Waals surface area (Å²) in [6.45, 7) is 2.01. The number of benzene rings is 2. The van der Waals surface area contributed by atoms with E-state index >= 15 is 0 Å². The van der Waals surface area contributed by atoms with Crippen LogP contribution >= 0.6 is 11.6 Å². The average molecular weight is 470 g/mol. The Morgan fingerprint density at radius 3 is 2.42 bits per heavy atom. The zero-order valence-electron chi connectivity index (χ0n) is 17.7. The quantitative estimate of drug-likeness (QED) is 0.589. The van der Waals surface area contributed by atoms with Crippen LogP contribution in [0.15, 0.2) is 48.5 Å². The molecule has 0 aliphatic carbocycles. The first-order chi connectivity index (χ1) is 16.0. The molecule has 0 unspecified atom stereocenters. The van der Waals surface area contributed by atoms with Gasteiger partial charge in [-0.3, -0.25) is 9.59 Å². The van der Waals surface area contributed by atoms with E-state index in [2.05, 4.69) is 10.3 Å². The summed E-state index contributed by atoms with van der Waals surface area (Å²) in [6.07, 6.45) is -0.146. The largest absolute Gasteiger partial charge is 0.365 e. The molecule has 0 N–H and O–H groups in total. The van der Waals surface area contributed by atoms with E-state index in [0.717, 1.165) is 11.6 Å². The molecule has 2 aliphatic heterocycles. The number of piperazine rings is 1. The van der Waals surface area contributed by atoms with Crippen molar-refractivity contribution in [2.45, 2.75) is 19.3 Å². The number of nitrogens with zero attached hydrogens (tertiary/aromatic N) is 5. The fraction of sp³-hybridized carbons (Fsp3) is 0.304. The highest BCUT2D eigenvalue weighted by atomic mass is 35.5. The lowest BCUT2D eigenvalue weighted by molar-refractivity contribution is -0.00202. The zero-order valence-corrected chi connectivity index (χ0v) is 18.4. The molecule has 170 valence electrons. The van der Waals surface area contributed by atoms with Crippen molar-refractivity contribution in [3.63, 3.8) is 0 Å². The van der Waals surface area contributed by atoms with Crippen LogP contribution in [-0.2, 0) is 17.9 Å². The van der Waals surface area contributed by atoms with Crippen LogP contribution in [0, 0.1) is 5.82 Å². The normalized spacial score (nSPS) is 18.2. The van der Waals surface area contributed by atoms with Crippen LogP contribution in [0.1, 0.15) is 38.2 Å². The van der Waals surface area contributed by atoms with Crippen LogP contribution in [0.25, 0.3) is 0 Å². The van der Waals surface area contributed by atoms with Gasteiger partial charge in [-0.1, -0.05) is 47.1 Å². The van der Waals surface area contributed by atoms with Gasteiger partial charge in [0.15, 0.2) is 5.69 Å². The van der Waals surface area contributed by atoms with Gasteiger partial charge < -0.3 is 14.5 Å². The second-order valence-electron chi connectivity index (χ2n) is 7.99. The molecule has 0 bridgehead atoms. The molecule has 1 saturated heterocycles. The molecule has 0 saturated carbocycles. The van der Waals surface area contributed by atoms with Crippen LogP contribution in [0.3, 0.4) is 0 Å². The number of aromatic nitrogens is 3. The lowest BCUT2D eigenvalue weighted by atomic mass is 10.1. The Morgan fingerprint density at radius 1 is 1.00 bits per heavy atom. The first-order valence-corrected chi connectivity index (χ1v) is 11.0. The SMILES string of the molecule is O=C(c1cc(F)ccc1Cl)N1CCN(C(=O)c2nnn3c2CO[C@@H](c2ccccc2)C3)CC1. The number of fused-ring (bicyclic) bond motifs is 1. The second-order valence-corrected chi connectivity index (χ2v) is 8.39. The van der Waals surface area contributed by atoms with Crippen molar-refractivity contribution in [3.05, 3.63) is 81.9 Å². The topological polar surface area (TPSA) is 80.6 Å². The summed E-state index contributed by atoms with van der Waals surface area (Å²) >= 11 is 6.07. The first kappa shape index (κ1) is 21.5. The number of ether oxygens (including phenoxy) is 1. The maximum atomic E-state index is 13.6. The van der Waals surface area contributed by atoms with Gasteiger partial charge in [-0.05, 0) is 23.8 Å². The Hall–Kier alpha value is -3.30. The molecule has 8 nitrogen and oxygen atoms in total. The van der Waals surface area contributed by atoms with Gasteiger partial charge in [0.2, 0.25) is 0 Å². The zero-order chi connectivity index (χ0) is 22.9. The van der Waals surface area contributed by atoms with Crippen LogP contribution in [0.2, 0.25) is 5.02 Å². The lowest BCUT2D eigenvalue weighted by Gasteiger charge is -2.34. The van der Waals surface area contributed by atoms with E-state index in [9.17, 15) is 14.0 Å². The summed E-state index contributed by atoms with van der Waals surface area (Å²) in [5.74, 6) is -1.12. The van der Waals surface area contributed by atoms with Gasteiger partial charge in [0.25, 0.3) is 11.8 Å². The summed E-state index contributed by atoms with van der Waals surface area (Å²) in [7, 11) is 0. The van der Waals surface area contributed by atoms with E-state index in [0.29, 0.717) is 38.4 Å². The molecule has 3 aromatic rings. The van der Waals surface area contributed by atoms with E-state index in [4.69, 9.17) is 16.3 Å². The molecule has 0 radical (unpaired) electrons. The monoisotopic (exact) mass is 469 g/mol. The molecule has 2 amide bonds. The Bertz CT molecular complexity index is 1190. The van der Waals surface area contributed by atoms with Crippen molar-refractivity contribution < 1.29 is 18.7 Å². The van der Waals surface area contributed by atoms with E-state index in [1.165, 1.54) is 12.1 Å². The van der Waals surface area contributed by atoms with Crippen LogP contribution in [0.5, 0.6) is 0 Å². The van der Waals surface area contributed by atoms with Crippen LogP contribution < -0.4 is 0 Å². The Kier molecular flexibility index (Phi) is 5.82. The first-order valence-electron chi connectivity index (χ1n) is 10.6. The van der Waals surface area contributed by atoms with Crippen molar-refractivity contribution in [1.82, 2.24) is 24.8 Å². The van der Waals surface area contributed by atoms with Crippen molar-refractivity contribution in [2.75, 3.05) is 26.2 Å². The number of carbonyl (C=O) groups is 2. The van der Waals surface area contributed by atoms with E-state index in [-0.39, 0.29) is 40.8 Å². The molecular weight excluding hydrogens is 449 g/mol. The molecule has 0 spiro atoms. The summed E-state index contributed by atoms with van der Waals surface area (Å²) in [5.41, 5.74) is 2.09. The number of amides is 2. The number of carbonyl (C=O) groups excluding carboxylic acids is 2. The predicted octanol–water partition coefficient (Wildman–Crippen LogP) is 2.94. The van der Waals surface area contributed by atoms with Gasteiger partial charge in [-0.2, -0.15) is 0 Å². The third-order valence-corrected chi connectivity index (χ3v) is 6.31. The van der Waals surface area contributed by atoms with Gasteiger partial charge in [0, 0.05) is 26.2 Å². The molecular formula is C23H21ClFN5O3. The lowest BCUT2D eigenvalue weighted by Crippen LogP contribution is -2.51. The van der Waals surface area contributed by atoms with Gasteiger partial charge in [0.1, 0.15) is 11.9 Å². The number of hydrogen-bond acceptors (Lipinski definition) is 5. The number of hydrogen-bond donors (Lipinski definition) is 0. The minimum Gasteiger partial charge on any atom is -0.365 e. The summed E-state index contributed by atoms with van der Waals surface area (Å²) < 4.78 is 21.3. The standard InChI is InChI=1S/C23H21ClFN5O3/c24-18-7-6-16(25)12-17(18)22(31)28-8-10-29(11-9-28)23(32)21-19-14-33-20(13-30(19)27-26-21)15-4-2-1-3-5-15/h1-7,12,20H,8-11,13-14H2/t20-/m1/s1. The van der Waals surface area contributed by atoms with Crippen LogP contribution in [-0.4, -0.2) is 62.8 Å². The summed E-state index contributed by atoms with van der Waals surface area (Å²) in [4.78, 5) is 29.1.